The summed E-state index contributed by atoms with van der Waals surface area (Å²) < 4.78 is 0. The van der Waals surface area contributed by atoms with Gasteiger partial charge >= 0.3 is 0 Å². The molecule has 0 spiro atoms. The van der Waals surface area contributed by atoms with Crippen LogP contribution in [0.15, 0.2) is 66.7 Å². The summed E-state index contributed by atoms with van der Waals surface area (Å²) in [6.45, 7) is 2.08. The van der Waals surface area contributed by atoms with E-state index in [4.69, 9.17) is 5.73 Å². The Kier molecular flexibility index (Phi) is 5.28. The molecule has 5 rings (SSSR count). The van der Waals surface area contributed by atoms with Crippen LogP contribution in [0.2, 0.25) is 0 Å². The van der Waals surface area contributed by atoms with Gasteiger partial charge in [-0.2, -0.15) is 5.26 Å². The molecule has 1 amide bonds. The van der Waals surface area contributed by atoms with Crippen molar-refractivity contribution in [3.8, 4) is 28.3 Å². The van der Waals surface area contributed by atoms with Crippen LogP contribution in [0.1, 0.15) is 47.2 Å². The van der Waals surface area contributed by atoms with Gasteiger partial charge in [-0.15, -0.1) is 0 Å². The molecule has 0 unspecified atom stereocenters. The number of fused-ring (bicyclic) bond motifs is 2. The average molecular weight is 422 g/mol. The molecule has 0 radical (unpaired) electrons. The topological polar surface area (TPSA) is 70.1 Å². The van der Waals surface area contributed by atoms with E-state index in [-0.39, 0.29) is 24.0 Å². The number of hydrogen-bond donors (Lipinski definition) is 1. The van der Waals surface area contributed by atoms with Gasteiger partial charge in [0.1, 0.15) is 0 Å². The zero-order chi connectivity index (χ0) is 22.2. The molecule has 32 heavy (non-hydrogen) atoms. The first-order valence-electron chi connectivity index (χ1n) is 11.3. The van der Waals surface area contributed by atoms with Crippen molar-refractivity contribution < 1.29 is 4.79 Å². The number of hydrogen-bond acceptors (Lipinski definition) is 3. The molecule has 4 nitrogen and oxygen atoms in total. The highest BCUT2D eigenvalue weighted by molar-refractivity contribution is 5.98. The molecule has 0 aliphatic carbocycles. The Morgan fingerprint density at radius 1 is 0.906 bits per heavy atom. The van der Waals surface area contributed by atoms with E-state index in [0.717, 1.165) is 47.9 Å². The Bertz CT molecular complexity index is 1180. The van der Waals surface area contributed by atoms with Crippen LogP contribution in [-0.4, -0.2) is 28.9 Å². The van der Waals surface area contributed by atoms with Crippen molar-refractivity contribution in [2.75, 3.05) is 0 Å². The quantitative estimate of drug-likeness (QED) is 0.624. The van der Waals surface area contributed by atoms with Gasteiger partial charge in [-0.25, -0.2) is 0 Å². The van der Waals surface area contributed by atoms with Crippen molar-refractivity contribution >= 4 is 5.91 Å². The van der Waals surface area contributed by atoms with E-state index in [2.05, 4.69) is 48.2 Å². The van der Waals surface area contributed by atoms with Crippen molar-refractivity contribution in [3.63, 3.8) is 0 Å². The summed E-state index contributed by atoms with van der Waals surface area (Å²) in [5.41, 5.74) is 13.0. The van der Waals surface area contributed by atoms with Crippen molar-refractivity contribution in [3.05, 3.63) is 83.4 Å². The molecule has 3 aromatic rings. The molecule has 4 heteroatoms. The fourth-order valence-electron chi connectivity index (χ4n) is 5.33. The monoisotopic (exact) mass is 421 g/mol. The molecule has 2 bridgehead atoms. The standard InChI is InChI=1S/C28H27N3O/c1-18-2-6-20(7-3-18)26-13-10-22(14-27(26)21-8-4-19(17-29)5-9-21)28(32)31-24-11-12-25(31)16-23(30)15-24/h2-10,13-14,23-25H,11-12,15-16,30H2,1H3/t24-,25-/m0/s1. The maximum Gasteiger partial charge on any atom is 0.254 e. The third kappa shape index (κ3) is 3.70. The Morgan fingerprint density at radius 2 is 1.50 bits per heavy atom. The second-order valence-corrected chi connectivity index (χ2v) is 9.14. The van der Waals surface area contributed by atoms with Crippen LogP contribution in [0.5, 0.6) is 0 Å². The number of nitrogens with two attached hydrogens (primary N) is 1. The Balaban J connectivity index is 1.57. The lowest BCUT2D eigenvalue weighted by Crippen LogP contribution is -2.50. The number of nitrogens with zero attached hydrogens (tertiary/aromatic N) is 2. The van der Waals surface area contributed by atoms with Crippen molar-refractivity contribution in [1.82, 2.24) is 4.90 Å². The van der Waals surface area contributed by atoms with Crippen LogP contribution in [0.25, 0.3) is 22.3 Å². The van der Waals surface area contributed by atoms with Crippen molar-refractivity contribution in [2.24, 2.45) is 5.73 Å². The van der Waals surface area contributed by atoms with Crippen LogP contribution in [0.3, 0.4) is 0 Å². The number of aryl methyl sites for hydroxylation is 1. The van der Waals surface area contributed by atoms with Crippen LogP contribution in [0.4, 0.5) is 0 Å². The minimum atomic E-state index is 0.106. The van der Waals surface area contributed by atoms with Crippen LogP contribution < -0.4 is 5.73 Å². The van der Waals surface area contributed by atoms with E-state index < -0.39 is 0 Å². The van der Waals surface area contributed by atoms with E-state index in [1.165, 1.54) is 5.56 Å². The van der Waals surface area contributed by atoms with Crippen molar-refractivity contribution in [1.29, 1.82) is 5.26 Å². The van der Waals surface area contributed by atoms with Gasteiger partial charge in [0.15, 0.2) is 0 Å². The highest BCUT2D eigenvalue weighted by atomic mass is 16.2. The minimum absolute atomic E-state index is 0.106. The van der Waals surface area contributed by atoms with Crippen molar-refractivity contribution in [2.45, 2.75) is 50.7 Å². The number of piperidine rings is 1. The summed E-state index contributed by atoms with van der Waals surface area (Å²) in [4.78, 5) is 15.7. The van der Waals surface area contributed by atoms with E-state index in [9.17, 15) is 10.1 Å². The highest BCUT2D eigenvalue weighted by Crippen LogP contribution is 2.38. The normalized spacial score (nSPS) is 21.9. The molecule has 0 aromatic heterocycles. The third-order valence-corrected chi connectivity index (χ3v) is 6.96. The van der Waals surface area contributed by atoms with Crippen LogP contribution in [-0.2, 0) is 0 Å². The molecular weight excluding hydrogens is 394 g/mol. The number of carbonyl (C=O) groups is 1. The molecule has 3 aromatic carbocycles. The maximum absolute atomic E-state index is 13.6. The largest absolute Gasteiger partial charge is 0.333 e. The first-order chi connectivity index (χ1) is 15.5. The summed E-state index contributed by atoms with van der Waals surface area (Å²) >= 11 is 0. The van der Waals surface area contributed by atoms with Gasteiger partial charge in [0.05, 0.1) is 11.6 Å². The fraction of sp³-hybridized carbons (Fsp3) is 0.286. The van der Waals surface area contributed by atoms with Gasteiger partial charge in [-0.05, 0) is 79.1 Å². The number of carbonyl (C=O) groups excluding carboxylic acids is 1. The first kappa shape index (κ1) is 20.5. The molecular formula is C28H27N3O. The highest BCUT2D eigenvalue weighted by Gasteiger charge is 2.42. The lowest BCUT2D eigenvalue weighted by atomic mass is 9.91. The molecule has 2 aliphatic rings. The molecule has 0 saturated carbocycles. The predicted molar refractivity (Wildman–Crippen MR) is 127 cm³/mol. The van der Waals surface area contributed by atoms with E-state index >= 15 is 0 Å². The molecule has 2 heterocycles. The fourth-order valence-corrected chi connectivity index (χ4v) is 5.33. The van der Waals surface area contributed by atoms with E-state index in [1.54, 1.807) is 0 Å². The molecule has 160 valence electrons. The predicted octanol–water partition coefficient (Wildman–Crippen LogP) is 5.30. The summed E-state index contributed by atoms with van der Waals surface area (Å²) in [6, 6.07) is 25.0. The van der Waals surface area contributed by atoms with Gasteiger partial charge in [-0.1, -0.05) is 48.0 Å². The number of nitriles is 1. The van der Waals surface area contributed by atoms with Gasteiger partial charge in [0.2, 0.25) is 0 Å². The molecule has 2 aliphatic heterocycles. The third-order valence-electron chi connectivity index (χ3n) is 6.96. The van der Waals surface area contributed by atoms with Crippen LogP contribution >= 0.6 is 0 Å². The Hall–Kier alpha value is -3.42. The lowest BCUT2D eigenvalue weighted by Gasteiger charge is -2.38. The van der Waals surface area contributed by atoms with E-state index in [0.29, 0.717) is 11.1 Å². The molecule has 2 fully saturated rings. The summed E-state index contributed by atoms with van der Waals surface area (Å²) in [5, 5.41) is 9.18. The Morgan fingerprint density at radius 3 is 2.12 bits per heavy atom. The Labute approximate surface area is 189 Å². The van der Waals surface area contributed by atoms with E-state index in [1.807, 2.05) is 36.4 Å². The maximum atomic E-state index is 13.6. The second-order valence-electron chi connectivity index (χ2n) is 9.14. The summed E-state index contributed by atoms with van der Waals surface area (Å²) in [6.07, 6.45) is 3.89. The average Bonchev–Trinajstić information content (AvgIpc) is 3.09. The minimum Gasteiger partial charge on any atom is -0.333 e. The number of benzene rings is 3. The number of rotatable bonds is 3. The van der Waals surface area contributed by atoms with Gasteiger partial charge < -0.3 is 10.6 Å². The molecule has 2 atom stereocenters. The van der Waals surface area contributed by atoms with Gasteiger partial charge in [-0.3, -0.25) is 4.79 Å². The van der Waals surface area contributed by atoms with Gasteiger partial charge in [0.25, 0.3) is 5.91 Å². The molecule has 2 saturated heterocycles. The molecule has 2 N–H and O–H groups in total. The lowest BCUT2D eigenvalue weighted by molar-refractivity contribution is 0.0575. The summed E-state index contributed by atoms with van der Waals surface area (Å²) in [5.74, 6) is 0.106. The first-order valence-corrected chi connectivity index (χ1v) is 11.3. The summed E-state index contributed by atoms with van der Waals surface area (Å²) in [7, 11) is 0. The number of amides is 1. The second kappa shape index (κ2) is 8.26. The SMILES string of the molecule is Cc1ccc(-c2ccc(C(=O)N3[C@H]4CC[C@H]3CC(N)C4)cc2-c2ccc(C#N)cc2)cc1. The van der Waals surface area contributed by atoms with Crippen LogP contribution in [0, 0.1) is 18.3 Å². The smallest absolute Gasteiger partial charge is 0.254 e. The van der Waals surface area contributed by atoms with Gasteiger partial charge in [0, 0.05) is 23.7 Å². The zero-order valence-corrected chi connectivity index (χ0v) is 18.3. The zero-order valence-electron chi connectivity index (χ0n) is 18.3.